The average Bonchev–Trinajstić information content (AvgIpc) is 2.69. The molecule has 0 spiro atoms. The summed E-state index contributed by atoms with van der Waals surface area (Å²) in [5.41, 5.74) is 0.756. The van der Waals surface area contributed by atoms with Crippen LogP contribution in [0.2, 0.25) is 10.0 Å². The van der Waals surface area contributed by atoms with Crippen LogP contribution in [0.25, 0.3) is 12.2 Å². The number of methoxy groups -OCH3 is 1. The molecule has 0 aliphatic heterocycles. The summed E-state index contributed by atoms with van der Waals surface area (Å²) in [6.07, 6.45) is 3.63. The zero-order valence-corrected chi connectivity index (χ0v) is 19.6. The summed E-state index contributed by atoms with van der Waals surface area (Å²) in [5, 5.41) is 12.1. The summed E-state index contributed by atoms with van der Waals surface area (Å²) in [7, 11) is 1.20. The number of ether oxygens (including phenoxy) is 2. The second kappa shape index (κ2) is 10.6. The Morgan fingerprint density at radius 2 is 1.72 bits per heavy atom. The minimum atomic E-state index is -0.670. The Labute approximate surface area is 196 Å². The van der Waals surface area contributed by atoms with Crippen molar-refractivity contribution in [2.45, 2.75) is 39.2 Å². The molecule has 0 bridgehead atoms. The first-order valence-electron chi connectivity index (χ1n) is 9.66. The summed E-state index contributed by atoms with van der Waals surface area (Å²) in [6, 6.07) is 7.40. The molecule has 9 heteroatoms. The smallest absolute Gasteiger partial charge is 0.338 e. The fourth-order valence-corrected chi connectivity index (χ4v) is 3.50. The van der Waals surface area contributed by atoms with E-state index in [9.17, 15) is 19.7 Å². The van der Waals surface area contributed by atoms with Gasteiger partial charge in [0, 0.05) is 28.1 Å². The van der Waals surface area contributed by atoms with Gasteiger partial charge in [0.05, 0.1) is 23.2 Å². The highest BCUT2D eigenvalue weighted by Gasteiger charge is 2.18. The van der Waals surface area contributed by atoms with Gasteiger partial charge in [-0.3, -0.25) is 14.9 Å². The van der Waals surface area contributed by atoms with Gasteiger partial charge in [0.2, 0.25) is 0 Å². The predicted molar refractivity (Wildman–Crippen MR) is 124 cm³/mol. The number of rotatable bonds is 7. The standard InChI is InChI=1S/C23H23Cl2NO6/c1-23(2,3)32-21(27)10-5-14-11-18(24)17(19(25)12-14)9-8-15-6-7-16(22(28)31-4)13-20(15)26(29)30/h6-9,11-13H,5,10H2,1-4H3/b9-8+. The van der Waals surface area contributed by atoms with Crippen LogP contribution in [0.5, 0.6) is 0 Å². The molecule has 0 radical (unpaired) electrons. The maximum Gasteiger partial charge on any atom is 0.338 e. The first-order valence-corrected chi connectivity index (χ1v) is 10.4. The normalized spacial score (nSPS) is 11.4. The number of hydrogen-bond donors (Lipinski definition) is 0. The van der Waals surface area contributed by atoms with Crippen molar-refractivity contribution in [1.82, 2.24) is 0 Å². The van der Waals surface area contributed by atoms with Gasteiger partial charge in [-0.25, -0.2) is 4.79 Å². The van der Waals surface area contributed by atoms with Crippen LogP contribution >= 0.6 is 23.2 Å². The lowest BCUT2D eigenvalue weighted by molar-refractivity contribution is -0.385. The van der Waals surface area contributed by atoms with Gasteiger partial charge in [-0.15, -0.1) is 0 Å². The molecular weight excluding hydrogens is 457 g/mol. The lowest BCUT2D eigenvalue weighted by Crippen LogP contribution is -2.24. The van der Waals surface area contributed by atoms with Gasteiger partial charge in [-0.05, 0) is 63.1 Å². The summed E-state index contributed by atoms with van der Waals surface area (Å²) < 4.78 is 9.89. The van der Waals surface area contributed by atoms with Crippen LogP contribution in [0.1, 0.15) is 54.2 Å². The molecule has 0 amide bonds. The first-order chi connectivity index (χ1) is 14.9. The third-order valence-electron chi connectivity index (χ3n) is 4.25. The summed E-state index contributed by atoms with van der Waals surface area (Å²) in [5.74, 6) is -0.992. The largest absolute Gasteiger partial charge is 0.465 e. The van der Waals surface area contributed by atoms with Crippen molar-refractivity contribution in [2.24, 2.45) is 0 Å². The van der Waals surface area contributed by atoms with Crippen LogP contribution in [0, 0.1) is 10.1 Å². The number of nitro benzene ring substituents is 1. The van der Waals surface area contributed by atoms with E-state index < -0.39 is 16.5 Å². The van der Waals surface area contributed by atoms with Crippen LogP contribution in [0.15, 0.2) is 30.3 Å². The number of nitro groups is 1. The second-order valence-corrected chi connectivity index (χ2v) is 8.73. The predicted octanol–water partition coefficient (Wildman–Crippen LogP) is 6.13. The topological polar surface area (TPSA) is 95.7 Å². The van der Waals surface area contributed by atoms with Crippen LogP contribution in [0.4, 0.5) is 5.69 Å². The molecule has 170 valence electrons. The molecule has 0 fully saturated rings. The Morgan fingerprint density at radius 1 is 1.09 bits per heavy atom. The third kappa shape index (κ3) is 7.07. The van der Waals surface area contributed by atoms with Crippen molar-refractivity contribution in [3.63, 3.8) is 0 Å². The molecule has 0 unspecified atom stereocenters. The van der Waals surface area contributed by atoms with Gasteiger partial charge in [0.15, 0.2) is 0 Å². The SMILES string of the molecule is COC(=O)c1ccc(/C=C/c2c(Cl)cc(CCC(=O)OC(C)(C)C)cc2Cl)c([N+](=O)[O-])c1. The zero-order valence-electron chi connectivity index (χ0n) is 18.1. The van der Waals surface area contributed by atoms with Crippen molar-refractivity contribution >= 4 is 53.0 Å². The average molecular weight is 480 g/mol. The number of nitrogens with zero attached hydrogens (tertiary/aromatic N) is 1. The van der Waals surface area contributed by atoms with E-state index in [4.69, 9.17) is 27.9 Å². The molecular formula is C23H23Cl2NO6. The molecule has 32 heavy (non-hydrogen) atoms. The van der Waals surface area contributed by atoms with E-state index in [2.05, 4.69) is 4.74 Å². The van der Waals surface area contributed by atoms with Gasteiger partial charge >= 0.3 is 11.9 Å². The summed E-state index contributed by atoms with van der Waals surface area (Å²) in [4.78, 5) is 34.4. The van der Waals surface area contributed by atoms with Crippen LogP contribution in [0.3, 0.4) is 0 Å². The Hall–Kier alpha value is -2.90. The third-order valence-corrected chi connectivity index (χ3v) is 4.88. The molecule has 0 heterocycles. The van der Waals surface area contributed by atoms with Gasteiger partial charge in [-0.2, -0.15) is 0 Å². The summed E-state index contributed by atoms with van der Waals surface area (Å²) in [6.45, 7) is 5.40. The van der Waals surface area contributed by atoms with Crippen molar-refractivity contribution in [2.75, 3.05) is 7.11 Å². The molecule has 7 nitrogen and oxygen atoms in total. The highest BCUT2D eigenvalue weighted by molar-refractivity contribution is 6.37. The van der Waals surface area contributed by atoms with Crippen LogP contribution in [-0.2, 0) is 20.7 Å². The fourth-order valence-electron chi connectivity index (χ4n) is 2.84. The van der Waals surface area contributed by atoms with Gasteiger partial charge in [0.25, 0.3) is 5.69 Å². The maximum atomic E-state index is 11.9. The number of hydrogen-bond acceptors (Lipinski definition) is 6. The zero-order chi connectivity index (χ0) is 24.1. The lowest BCUT2D eigenvalue weighted by Gasteiger charge is -2.19. The van der Waals surface area contributed by atoms with E-state index in [1.165, 1.54) is 25.3 Å². The quantitative estimate of drug-likeness (QED) is 0.205. The van der Waals surface area contributed by atoms with E-state index in [0.29, 0.717) is 22.0 Å². The number of benzene rings is 2. The van der Waals surface area contributed by atoms with Gasteiger partial charge in [0.1, 0.15) is 5.60 Å². The molecule has 0 saturated heterocycles. The molecule has 0 saturated carbocycles. The fraction of sp³-hybridized carbons (Fsp3) is 0.304. The van der Waals surface area contributed by atoms with Crippen molar-refractivity contribution < 1.29 is 24.0 Å². The number of carbonyl (C=O) groups is 2. The molecule has 0 aliphatic carbocycles. The van der Waals surface area contributed by atoms with Crippen LogP contribution in [-0.4, -0.2) is 29.6 Å². The monoisotopic (exact) mass is 479 g/mol. The molecule has 0 aromatic heterocycles. The summed E-state index contributed by atoms with van der Waals surface area (Å²) >= 11 is 12.7. The van der Waals surface area contributed by atoms with Crippen molar-refractivity contribution in [3.05, 3.63) is 72.7 Å². The van der Waals surface area contributed by atoms with Crippen LogP contribution < -0.4 is 0 Å². The molecule has 2 rings (SSSR count). The van der Waals surface area contributed by atoms with E-state index in [1.807, 2.05) is 0 Å². The number of aryl methyl sites for hydroxylation is 1. The number of esters is 2. The molecule has 0 N–H and O–H groups in total. The molecule has 2 aromatic rings. The Bertz CT molecular complexity index is 1050. The maximum absolute atomic E-state index is 11.9. The Morgan fingerprint density at radius 3 is 2.25 bits per heavy atom. The molecule has 2 aromatic carbocycles. The van der Waals surface area contributed by atoms with Gasteiger partial charge < -0.3 is 9.47 Å². The minimum absolute atomic E-state index is 0.0711. The highest BCUT2D eigenvalue weighted by Crippen LogP contribution is 2.31. The van der Waals surface area contributed by atoms with E-state index >= 15 is 0 Å². The minimum Gasteiger partial charge on any atom is -0.465 e. The van der Waals surface area contributed by atoms with Gasteiger partial charge in [-0.1, -0.05) is 29.3 Å². The number of carbonyl (C=O) groups excluding carboxylic acids is 2. The van der Waals surface area contributed by atoms with Crippen molar-refractivity contribution in [1.29, 1.82) is 0 Å². The Balaban J connectivity index is 2.24. The number of halogens is 2. The van der Waals surface area contributed by atoms with E-state index in [-0.39, 0.29) is 29.2 Å². The highest BCUT2D eigenvalue weighted by atomic mass is 35.5. The van der Waals surface area contributed by atoms with Crippen molar-refractivity contribution in [3.8, 4) is 0 Å². The van der Waals surface area contributed by atoms with E-state index in [0.717, 1.165) is 11.6 Å². The molecule has 0 aliphatic rings. The van der Waals surface area contributed by atoms with E-state index in [1.54, 1.807) is 39.0 Å². The lowest BCUT2D eigenvalue weighted by atomic mass is 10.0. The molecule has 0 atom stereocenters. The first kappa shape index (κ1) is 25.4. The Kier molecular flexibility index (Phi) is 8.41. The second-order valence-electron chi connectivity index (χ2n) is 7.92.